The number of aliphatic hydroxyl groups excluding tert-OH is 2. The zero-order valence-corrected chi connectivity index (χ0v) is 20.6. The maximum Gasteiger partial charge on any atom is 0.353 e. The van der Waals surface area contributed by atoms with Crippen LogP contribution in [0.4, 0.5) is 0 Å². The van der Waals surface area contributed by atoms with Crippen LogP contribution in [0.2, 0.25) is 0 Å². The molecular weight excluding hydrogens is 474 g/mol. The van der Waals surface area contributed by atoms with Crippen molar-refractivity contribution >= 4 is 29.5 Å². The molecule has 4 N–H and O–H groups in total. The topological polar surface area (TPSA) is 148 Å². The van der Waals surface area contributed by atoms with Crippen molar-refractivity contribution in [2.24, 2.45) is 11.8 Å². The minimum Gasteiger partial charge on any atom is -0.477 e. The molecule has 0 spiro atoms. The Morgan fingerprint density at radius 3 is 2.80 bits per heavy atom. The van der Waals surface area contributed by atoms with Crippen LogP contribution in [0.25, 0.3) is 0 Å². The van der Waals surface area contributed by atoms with Crippen molar-refractivity contribution in [1.29, 1.82) is 0 Å². The van der Waals surface area contributed by atoms with Crippen LogP contribution in [0.5, 0.6) is 0 Å². The summed E-state index contributed by atoms with van der Waals surface area (Å²) >= 11 is 1.44. The van der Waals surface area contributed by atoms with Crippen molar-refractivity contribution in [2.45, 2.75) is 63.2 Å². The first-order valence-electron chi connectivity index (χ1n) is 12.0. The fraction of sp³-hybridized carbons (Fsp3) is 0.652. The summed E-state index contributed by atoms with van der Waals surface area (Å²) in [5, 5.41) is 32.4. The first kappa shape index (κ1) is 24.3. The van der Waals surface area contributed by atoms with E-state index in [1.165, 1.54) is 16.7 Å². The molecule has 1 aromatic heterocycles. The molecule has 2 saturated heterocycles. The average Bonchev–Trinajstić information content (AvgIpc) is 3.50. The molecule has 5 rings (SSSR count). The van der Waals surface area contributed by atoms with E-state index in [2.05, 4.69) is 14.9 Å². The van der Waals surface area contributed by atoms with Gasteiger partial charge in [-0.25, -0.2) is 9.78 Å². The highest BCUT2D eigenvalue weighted by Crippen LogP contribution is 2.51. The molecular formula is C23H31N5O6S. The Bertz CT molecular complexity index is 1090. The molecule has 2 fully saturated rings. The van der Waals surface area contributed by atoms with Crippen LogP contribution in [0.15, 0.2) is 16.8 Å². The molecule has 0 unspecified atom stereocenters. The number of carbonyl (C=O) groups excluding carboxylic acids is 2. The van der Waals surface area contributed by atoms with Crippen LogP contribution in [-0.2, 0) is 33.9 Å². The Kier molecular flexibility index (Phi) is 6.41. The van der Waals surface area contributed by atoms with E-state index in [1.54, 1.807) is 13.1 Å². The van der Waals surface area contributed by atoms with Gasteiger partial charge in [0.15, 0.2) is 0 Å². The summed E-state index contributed by atoms with van der Waals surface area (Å²) in [5.41, 5.74) is 0.974. The van der Waals surface area contributed by atoms with Gasteiger partial charge in [0, 0.05) is 42.1 Å². The summed E-state index contributed by atoms with van der Waals surface area (Å²) in [4.78, 5) is 46.0. The lowest BCUT2D eigenvalue weighted by Crippen LogP contribution is -2.63. The standard InChI is InChI=1S/C23H31N5O6S/c1-11-18-17(12(2)30)22(32)28(18)19(23(33)34)20(11)35-14-7-15(24-9-14)21(31)26-4-5-27-13(10-26)8-25-16(27)3-6-29/h8,11-12,14-15,17-18,24,29-30H,3-7,9-10H2,1-2H3,(H,33,34)/t11-,12-,14+,15+,17-,18-/m1/s1. The van der Waals surface area contributed by atoms with E-state index in [0.29, 0.717) is 43.9 Å². The number of aliphatic hydroxyl groups is 2. The fourth-order valence-electron chi connectivity index (χ4n) is 5.90. The summed E-state index contributed by atoms with van der Waals surface area (Å²) in [7, 11) is 0. The van der Waals surface area contributed by atoms with E-state index in [1.807, 2.05) is 11.8 Å². The van der Waals surface area contributed by atoms with Crippen molar-refractivity contribution < 1.29 is 29.7 Å². The molecule has 12 heteroatoms. The summed E-state index contributed by atoms with van der Waals surface area (Å²) in [6, 6.07) is -0.690. The third kappa shape index (κ3) is 3.96. The molecule has 0 bridgehead atoms. The Labute approximate surface area is 207 Å². The quantitative estimate of drug-likeness (QED) is 0.356. The number of nitrogens with zero attached hydrogens (tertiary/aromatic N) is 4. The van der Waals surface area contributed by atoms with Crippen LogP contribution in [-0.4, -0.2) is 95.6 Å². The second-order valence-corrected chi connectivity index (χ2v) is 11.1. The highest BCUT2D eigenvalue weighted by molar-refractivity contribution is 8.03. The van der Waals surface area contributed by atoms with E-state index in [9.17, 15) is 29.7 Å². The maximum atomic E-state index is 13.2. The van der Waals surface area contributed by atoms with E-state index in [0.717, 1.165) is 11.5 Å². The molecule has 1 aromatic rings. The van der Waals surface area contributed by atoms with Crippen LogP contribution < -0.4 is 5.32 Å². The molecule has 0 radical (unpaired) electrons. The number of aliphatic carboxylic acids is 1. The number of carboxylic acid groups (broad SMARTS) is 1. The number of hydrogen-bond acceptors (Lipinski definition) is 8. The van der Waals surface area contributed by atoms with Gasteiger partial charge in [-0.2, -0.15) is 0 Å². The Morgan fingerprint density at radius 2 is 2.11 bits per heavy atom. The summed E-state index contributed by atoms with van der Waals surface area (Å²) in [6.07, 6.45) is 1.99. The van der Waals surface area contributed by atoms with E-state index in [-0.39, 0.29) is 47.4 Å². The van der Waals surface area contributed by atoms with Crippen molar-refractivity contribution in [3.05, 3.63) is 28.3 Å². The monoisotopic (exact) mass is 505 g/mol. The van der Waals surface area contributed by atoms with Crippen molar-refractivity contribution in [3.63, 3.8) is 0 Å². The number of carboxylic acids is 1. The zero-order chi connectivity index (χ0) is 25.0. The van der Waals surface area contributed by atoms with E-state index < -0.39 is 18.0 Å². The third-order valence-corrected chi connectivity index (χ3v) is 9.12. The molecule has 0 aliphatic carbocycles. The number of β-lactam (4-membered cyclic amide) rings is 1. The largest absolute Gasteiger partial charge is 0.477 e. The summed E-state index contributed by atoms with van der Waals surface area (Å²) in [5.74, 6) is -1.39. The van der Waals surface area contributed by atoms with Crippen LogP contribution in [0, 0.1) is 11.8 Å². The first-order valence-corrected chi connectivity index (χ1v) is 12.9. The van der Waals surface area contributed by atoms with Gasteiger partial charge in [-0.1, -0.05) is 6.92 Å². The smallest absolute Gasteiger partial charge is 0.353 e. The van der Waals surface area contributed by atoms with Gasteiger partial charge in [0.25, 0.3) is 0 Å². The van der Waals surface area contributed by atoms with Gasteiger partial charge in [0.05, 0.1) is 49.1 Å². The summed E-state index contributed by atoms with van der Waals surface area (Å²) in [6.45, 7) is 5.76. The normalized spacial score (nSPS) is 30.9. The number of thioether (sulfide) groups is 1. The first-order chi connectivity index (χ1) is 16.7. The minimum absolute atomic E-state index is 0.000951. The number of fused-ring (bicyclic) bond motifs is 2. The minimum atomic E-state index is -1.14. The van der Waals surface area contributed by atoms with Crippen molar-refractivity contribution in [3.8, 4) is 0 Å². The third-order valence-electron chi connectivity index (χ3n) is 7.61. The lowest BCUT2D eigenvalue weighted by molar-refractivity contribution is -0.163. The fourth-order valence-corrected chi connectivity index (χ4v) is 7.37. The molecule has 2 amide bonds. The Morgan fingerprint density at radius 1 is 1.34 bits per heavy atom. The molecule has 5 heterocycles. The van der Waals surface area contributed by atoms with Gasteiger partial charge in [0.1, 0.15) is 11.5 Å². The van der Waals surface area contributed by atoms with Gasteiger partial charge >= 0.3 is 5.97 Å². The molecule has 35 heavy (non-hydrogen) atoms. The lowest BCUT2D eigenvalue weighted by atomic mass is 9.79. The molecule has 6 atom stereocenters. The zero-order valence-electron chi connectivity index (χ0n) is 19.8. The predicted octanol–water partition coefficient (Wildman–Crippen LogP) is -0.622. The number of imidazole rings is 1. The van der Waals surface area contributed by atoms with E-state index >= 15 is 0 Å². The molecule has 11 nitrogen and oxygen atoms in total. The van der Waals surface area contributed by atoms with Gasteiger partial charge in [-0.15, -0.1) is 11.8 Å². The summed E-state index contributed by atoms with van der Waals surface area (Å²) < 4.78 is 2.06. The van der Waals surface area contributed by atoms with Gasteiger partial charge in [0.2, 0.25) is 11.8 Å². The highest BCUT2D eigenvalue weighted by atomic mass is 32.2. The SMILES string of the molecule is C[C@@H](O)[C@H]1C(=O)N2C(C(=O)O)=C(S[C@@H]3CN[C@H](C(=O)N4CCn5c(cnc5CCO)C4)C3)[C@H](C)[C@H]12. The second-order valence-electron chi connectivity index (χ2n) is 9.76. The number of hydrogen-bond donors (Lipinski definition) is 4. The van der Waals surface area contributed by atoms with Crippen LogP contribution in [0.1, 0.15) is 31.8 Å². The van der Waals surface area contributed by atoms with Crippen LogP contribution >= 0.6 is 11.8 Å². The van der Waals surface area contributed by atoms with Gasteiger partial charge in [-0.3, -0.25) is 9.59 Å². The molecule has 0 aromatic carbocycles. The van der Waals surface area contributed by atoms with Crippen LogP contribution in [0.3, 0.4) is 0 Å². The molecule has 190 valence electrons. The number of nitrogens with one attached hydrogen (secondary N) is 1. The van der Waals surface area contributed by atoms with Crippen molar-refractivity contribution in [2.75, 3.05) is 19.7 Å². The number of rotatable bonds is 7. The number of amides is 2. The van der Waals surface area contributed by atoms with E-state index in [4.69, 9.17) is 0 Å². The number of carbonyl (C=O) groups is 3. The Balaban J connectivity index is 1.24. The van der Waals surface area contributed by atoms with Crippen molar-refractivity contribution in [1.82, 2.24) is 24.7 Å². The second kappa shape index (κ2) is 9.23. The van der Waals surface area contributed by atoms with Gasteiger partial charge < -0.3 is 35.0 Å². The lowest BCUT2D eigenvalue weighted by Gasteiger charge is -2.46. The Hall–Kier alpha value is -2.41. The average molecular weight is 506 g/mol. The molecule has 4 aliphatic heterocycles. The predicted molar refractivity (Wildman–Crippen MR) is 126 cm³/mol. The molecule has 4 aliphatic rings. The number of aromatic nitrogens is 2. The maximum absolute atomic E-state index is 13.2. The molecule has 0 saturated carbocycles. The van der Waals surface area contributed by atoms with Gasteiger partial charge in [-0.05, 0) is 13.3 Å². The highest BCUT2D eigenvalue weighted by Gasteiger charge is 2.60.